The second-order valence-corrected chi connectivity index (χ2v) is 6.25. The fourth-order valence-electron chi connectivity index (χ4n) is 3.01. The number of H-pyrrole nitrogens is 1. The molecule has 0 radical (unpaired) electrons. The van der Waals surface area contributed by atoms with E-state index in [1.54, 1.807) is 29.1 Å². The number of hydrogen-bond acceptors (Lipinski definition) is 6. The summed E-state index contributed by atoms with van der Waals surface area (Å²) in [5, 5.41) is 6.81. The highest BCUT2D eigenvalue weighted by Crippen LogP contribution is 2.32. The van der Waals surface area contributed by atoms with E-state index >= 15 is 0 Å². The van der Waals surface area contributed by atoms with Crippen molar-refractivity contribution in [3.05, 3.63) is 56.6 Å². The summed E-state index contributed by atoms with van der Waals surface area (Å²) in [5.74, 6) is 0.121. The first-order chi connectivity index (χ1) is 12.6. The number of halogens is 1. The van der Waals surface area contributed by atoms with Crippen LogP contribution in [0.4, 0.5) is 0 Å². The predicted molar refractivity (Wildman–Crippen MR) is 91.6 cm³/mol. The van der Waals surface area contributed by atoms with Crippen LogP contribution in [0.25, 0.3) is 11.3 Å². The zero-order chi connectivity index (χ0) is 18.3. The fraction of sp³-hybridized carbons (Fsp3) is 0.235. The van der Waals surface area contributed by atoms with Crippen LogP contribution < -0.4 is 10.3 Å². The highest BCUT2D eigenvalue weighted by atomic mass is 35.5. The van der Waals surface area contributed by atoms with Crippen LogP contribution in [0.5, 0.6) is 5.75 Å². The monoisotopic (exact) mass is 375 g/mol. The number of nitrogens with one attached hydrogen (secondary N) is 1. The maximum Gasteiger partial charge on any atom is 0.341 e. The Hall–Kier alpha value is -2.84. The summed E-state index contributed by atoms with van der Waals surface area (Å²) in [6.45, 7) is 0.908. The maximum atomic E-state index is 12.1. The number of ether oxygens (including phenoxy) is 3. The Balaban J connectivity index is 1.82. The molecule has 0 aromatic heterocycles. The summed E-state index contributed by atoms with van der Waals surface area (Å²) in [4.78, 5) is 24.1. The minimum Gasteiger partial charge on any atom is -0.467 e. The number of pyridine rings is 1. The molecule has 0 unspecified atom stereocenters. The summed E-state index contributed by atoms with van der Waals surface area (Å²) >= 11 is 6.20. The number of esters is 1. The number of fused-ring (bicyclic) bond motifs is 2. The molecule has 134 valence electrons. The first-order valence-corrected chi connectivity index (χ1v) is 8.13. The van der Waals surface area contributed by atoms with Crippen molar-refractivity contribution in [2.24, 2.45) is 0 Å². The van der Waals surface area contributed by atoms with E-state index in [9.17, 15) is 9.59 Å². The van der Waals surface area contributed by atoms with Gasteiger partial charge in [-0.3, -0.25) is 4.79 Å². The number of carbonyl (C=O) groups excluding carboxylic acids is 1. The van der Waals surface area contributed by atoms with Crippen molar-refractivity contribution in [2.45, 2.75) is 13.2 Å². The molecule has 0 aliphatic carbocycles. The molecule has 0 saturated heterocycles. The lowest BCUT2D eigenvalue weighted by atomic mass is 10.1. The van der Waals surface area contributed by atoms with Crippen LogP contribution >= 0.6 is 11.6 Å². The van der Waals surface area contributed by atoms with E-state index in [0.717, 1.165) is 11.1 Å². The highest BCUT2D eigenvalue weighted by molar-refractivity contribution is 6.30. The van der Waals surface area contributed by atoms with Crippen molar-refractivity contribution in [2.75, 3.05) is 13.9 Å². The molecule has 9 heteroatoms. The molecule has 0 bridgehead atoms. The van der Waals surface area contributed by atoms with Crippen LogP contribution in [0.15, 0.2) is 29.3 Å². The number of carbonyl (C=O) groups is 1. The Bertz CT molecular complexity index is 1030. The second-order valence-electron chi connectivity index (χ2n) is 5.81. The van der Waals surface area contributed by atoms with Gasteiger partial charge in [0.1, 0.15) is 17.0 Å². The highest BCUT2D eigenvalue weighted by Gasteiger charge is 2.23. The minimum absolute atomic E-state index is 0.158. The number of aromatic amines is 1. The van der Waals surface area contributed by atoms with Crippen molar-refractivity contribution >= 4 is 17.6 Å². The summed E-state index contributed by atoms with van der Waals surface area (Å²) in [6, 6.07) is 3.58. The van der Waals surface area contributed by atoms with Gasteiger partial charge in [-0.25, -0.2) is 9.89 Å². The van der Waals surface area contributed by atoms with E-state index in [1.807, 2.05) is 0 Å². The van der Waals surface area contributed by atoms with Gasteiger partial charge in [0.05, 0.1) is 25.8 Å². The fourth-order valence-corrected chi connectivity index (χ4v) is 3.27. The van der Waals surface area contributed by atoms with Crippen LogP contribution in [0.2, 0.25) is 5.02 Å². The van der Waals surface area contributed by atoms with Crippen LogP contribution in [0.1, 0.15) is 21.5 Å². The molecule has 26 heavy (non-hydrogen) atoms. The predicted octanol–water partition coefficient (Wildman–Crippen LogP) is 2.03. The van der Waals surface area contributed by atoms with E-state index in [2.05, 4.69) is 10.2 Å². The minimum atomic E-state index is -0.575. The van der Waals surface area contributed by atoms with Crippen molar-refractivity contribution < 1.29 is 19.0 Å². The molecule has 0 saturated carbocycles. The molecule has 1 aromatic rings. The van der Waals surface area contributed by atoms with E-state index in [-0.39, 0.29) is 23.6 Å². The van der Waals surface area contributed by atoms with Gasteiger partial charge in [-0.1, -0.05) is 11.6 Å². The number of benzene rings is 1. The van der Waals surface area contributed by atoms with Gasteiger partial charge in [0.25, 0.3) is 5.56 Å². The van der Waals surface area contributed by atoms with Crippen molar-refractivity contribution in [3.8, 4) is 17.0 Å². The van der Waals surface area contributed by atoms with Gasteiger partial charge < -0.3 is 18.8 Å². The Morgan fingerprint density at radius 3 is 3.08 bits per heavy atom. The van der Waals surface area contributed by atoms with Gasteiger partial charge in [0, 0.05) is 28.5 Å². The Morgan fingerprint density at radius 1 is 1.42 bits per heavy atom. The van der Waals surface area contributed by atoms with Crippen molar-refractivity contribution in [3.63, 3.8) is 0 Å². The first kappa shape index (κ1) is 16.6. The number of rotatable bonds is 3. The molecule has 3 aliphatic heterocycles. The average Bonchev–Trinajstić information content (AvgIpc) is 3.01. The summed E-state index contributed by atoms with van der Waals surface area (Å²) < 4.78 is 17.4. The third kappa shape index (κ3) is 2.83. The van der Waals surface area contributed by atoms with Gasteiger partial charge in [-0.05, 0) is 12.1 Å². The smallest absolute Gasteiger partial charge is 0.341 e. The van der Waals surface area contributed by atoms with E-state index in [4.69, 9.17) is 25.8 Å². The lowest BCUT2D eigenvalue weighted by Crippen LogP contribution is -2.16. The zero-order valence-corrected chi connectivity index (χ0v) is 14.5. The Labute approximate surface area is 152 Å². The number of nitrogens with zero attached hydrogens (tertiary/aromatic N) is 2. The summed E-state index contributed by atoms with van der Waals surface area (Å²) in [7, 11) is 1.28. The first-order valence-electron chi connectivity index (χ1n) is 7.75. The van der Waals surface area contributed by atoms with E-state index in [0.29, 0.717) is 29.5 Å². The molecule has 8 nitrogen and oxygen atoms in total. The van der Waals surface area contributed by atoms with Gasteiger partial charge in [-0.15, -0.1) is 0 Å². The molecular weight excluding hydrogens is 362 g/mol. The van der Waals surface area contributed by atoms with Gasteiger partial charge >= 0.3 is 5.97 Å². The van der Waals surface area contributed by atoms with Crippen LogP contribution in [-0.2, 0) is 22.6 Å². The van der Waals surface area contributed by atoms with E-state index < -0.39 is 5.97 Å². The van der Waals surface area contributed by atoms with Crippen LogP contribution in [-0.4, -0.2) is 34.6 Å². The SMILES string of the molecule is COC(=O)c1cn(Cc2cc(Cl)cc3c2OCOC3)cc2c(=O)[nH]nc1-2. The Kier molecular flexibility index (Phi) is 4.14. The van der Waals surface area contributed by atoms with E-state index in [1.165, 1.54) is 7.11 Å². The number of hydrogen-bond donors (Lipinski definition) is 1. The molecule has 1 aromatic carbocycles. The van der Waals surface area contributed by atoms with Crippen molar-refractivity contribution in [1.29, 1.82) is 0 Å². The molecule has 0 spiro atoms. The second kappa shape index (κ2) is 6.47. The molecule has 4 rings (SSSR count). The molecule has 0 amide bonds. The Morgan fingerprint density at radius 2 is 2.27 bits per heavy atom. The third-order valence-corrected chi connectivity index (χ3v) is 4.34. The summed E-state index contributed by atoms with van der Waals surface area (Å²) in [5.41, 5.74) is 2.05. The van der Waals surface area contributed by atoms with Gasteiger partial charge in [-0.2, -0.15) is 5.10 Å². The largest absolute Gasteiger partial charge is 0.467 e. The molecule has 3 aliphatic rings. The van der Waals surface area contributed by atoms with Crippen LogP contribution in [0, 0.1) is 0 Å². The molecule has 0 atom stereocenters. The van der Waals surface area contributed by atoms with Crippen molar-refractivity contribution in [1.82, 2.24) is 14.8 Å². The topological polar surface area (TPSA) is 95.4 Å². The molecule has 1 N–H and O–H groups in total. The summed E-state index contributed by atoms with van der Waals surface area (Å²) in [6.07, 6.45) is 3.21. The van der Waals surface area contributed by atoms with Gasteiger partial charge in [0.2, 0.25) is 0 Å². The average molecular weight is 376 g/mol. The number of methoxy groups -OCH3 is 1. The lowest BCUT2D eigenvalue weighted by molar-refractivity contribution is -0.0170. The quantitative estimate of drug-likeness (QED) is 0.704. The lowest BCUT2D eigenvalue weighted by Gasteiger charge is -2.22. The molecule has 3 heterocycles. The standard InChI is InChI=1S/C17H14ClN3O5/c1-24-17(23)13-6-21(5-12-14(13)19-20-16(12)22)4-9-2-11(18)3-10-7-25-8-26-15(9)10/h2-3,5-6H,4,7-8H2,1H3,(H,20,22). The number of aromatic nitrogens is 3. The third-order valence-electron chi connectivity index (χ3n) is 4.12. The molecular formula is C17H14ClN3O5. The van der Waals surface area contributed by atoms with Gasteiger partial charge in [0.15, 0.2) is 6.79 Å². The normalized spacial score (nSPS) is 13.3. The molecule has 0 fully saturated rings. The maximum absolute atomic E-state index is 12.1. The van der Waals surface area contributed by atoms with Crippen LogP contribution in [0.3, 0.4) is 0 Å². The zero-order valence-electron chi connectivity index (χ0n) is 13.7.